The molecule has 0 amide bonds. The molecule has 0 saturated carbocycles. The average molecular weight is 597 g/mol. The molecule has 190 valence electrons. The molecular weight excluding hydrogens is 574 g/mol. The van der Waals surface area contributed by atoms with E-state index in [4.69, 9.17) is 4.42 Å². The zero-order valence-electron chi connectivity index (χ0n) is 21.3. The molecule has 0 radical (unpaired) electrons. The maximum Gasteiger partial charge on any atom is 0.160 e. The molecule has 2 heterocycles. The molecule has 0 atom stereocenters. The number of furan rings is 1. The topological polar surface area (TPSA) is 16.4 Å². The Morgan fingerprint density at radius 1 is 0.575 bits per heavy atom. The highest BCUT2D eigenvalue weighted by Crippen LogP contribution is 2.47. The van der Waals surface area contributed by atoms with E-state index in [0.29, 0.717) is 0 Å². The molecule has 0 saturated heterocycles. The Balaban J connectivity index is 1.43. The molecular formula is C36H22BrNOS. The number of nitrogens with zero attached hydrogens (tertiary/aromatic N) is 1. The maximum absolute atomic E-state index is 6.72. The molecule has 0 spiro atoms. The van der Waals surface area contributed by atoms with Crippen molar-refractivity contribution in [3.05, 3.63) is 138 Å². The van der Waals surface area contributed by atoms with Crippen molar-refractivity contribution in [3.63, 3.8) is 0 Å². The smallest absolute Gasteiger partial charge is 0.160 e. The molecule has 2 nitrogen and oxygen atoms in total. The van der Waals surface area contributed by atoms with E-state index < -0.39 is 0 Å². The molecule has 0 aliphatic carbocycles. The second-order valence-corrected chi connectivity index (χ2v) is 11.9. The SMILES string of the molecule is Brc1ccc2c(c1)oc1c(N(c3ccccc3)c3ccc4c(c3)sc3ccccc34)ccc(-c3ccccc3)c12. The zero-order chi connectivity index (χ0) is 26.6. The van der Waals surface area contributed by atoms with Crippen molar-refractivity contribution >= 4 is 86.4 Å². The number of hydrogen-bond acceptors (Lipinski definition) is 3. The van der Waals surface area contributed by atoms with Gasteiger partial charge in [0.15, 0.2) is 5.58 Å². The van der Waals surface area contributed by atoms with Crippen molar-refractivity contribution < 1.29 is 4.42 Å². The van der Waals surface area contributed by atoms with Crippen LogP contribution in [0.2, 0.25) is 0 Å². The summed E-state index contributed by atoms with van der Waals surface area (Å²) in [5.74, 6) is 0. The van der Waals surface area contributed by atoms with Gasteiger partial charge in [-0.2, -0.15) is 0 Å². The standard InChI is InChI=1S/C36H22BrNOS/c37-24-15-17-30-32(21-24)39-36-31(20-19-27(35(30)36)23-9-3-1-4-10-23)38(25-11-5-2-6-12-25)26-16-18-29-28-13-7-8-14-33(28)40-34(29)22-26/h1-22H. The van der Waals surface area contributed by atoms with Gasteiger partial charge in [-0.3, -0.25) is 0 Å². The van der Waals surface area contributed by atoms with Crippen LogP contribution < -0.4 is 4.90 Å². The number of para-hydroxylation sites is 1. The lowest BCUT2D eigenvalue weighted by atomic mass is 9.98. The highest BCUT2D eigenvalue weighted by Gasteiger charge is 2.22. The number of thiophene rings is 1. The molecule has 40 heavy (non-hydrogen) atoms. The minimum absolute atomic E-state index is 0.863. The fourth-order valence-corrected chi connectivity index (χ4v) is 7.21. The Morgan fingerprint density at radius 2 is 1.30 bits per heavy atom. The number of halogens is 1. The fraction of sp³-hybridized carbons (Fsp3) is 0. The third-order valence-electron chi connectivity index (χ3n) is 7.52. The van der Waals surface area contributed by atoms with Gasteiger partial charge < -0.3 is 9.32 Å². The van der Waals surface area contributed by atoms with Crippen molar-refractivity contribution in [3.8, 4) is 11.1 Å². The second-order valence-electron chi connectivity index (χ2n) is 9.89. The van der Waals surface area contributed by atoms with Crippen LogP contribution in [0.15, 0.2) is 142 Å². The van der Waals surface area contributed by atoms with E-state index in [9.17, 15) is 0 Å². The highest BCUT2D eigenvalue weighted by atomic mass is 79.9. The van der Waals surface area contributed by atoms with Crippen LogP contribution in [0.1, 0.15) is 0 Å². The van der Waals surface area contributed by atoms with Gasteiger partial charge >= 0.3 is 0 Å². The molecule has 0 aliphatic heterocycles. The van der Waals surface area contributed by atoms with Crippen LogP contribution in [0.25, 0.3) is 53.2 Å². The van der Waals surface area contributed by atoms with Gasteiger partial charge in [-0.05, 0) is 65.7 Å². The van der Waals surface area contributed by atoms with Crippen LogP contribution in [0, 0.1) is 0 Å². The second kappa shape index (κ2) is 9.37. The van der Waals surface area contributed by atoms with Crippen molar-refractivity contribution in [1.29, 1.82) is 0 Å². The van der Waals surface area contributed by atoms with E-state index in [1.165, 1.54) is 25.7 Å². The summed E-state index contributed by atoms with van der Waals surface area (Å²) < 4.78 is 10.3. The van der Waals surface area contributed by atoms with Gasteiger partial charge in [0, 0.05) is 46.8 Å². The Labute approximate surface area is 243 Å². The molecule has 0 aliphatic rings. The summed E-state index contributed by atoms with van der Waals surface area (Å²) >= 11 is 5.48. The Morgan fingerprint density at radius 3 is 2.15 bits per heavy atom. The van der Waals surface area contributed by atoms with Gasteiger partial charge in [0.05, 0.1) is 5.69 Å². The van der Waals surface area contributed by atoms with Crippen LogP contribution in [-0.2, 0) is 0 Å². The van der Waals surface area contributed by atoms with Crippen LogP contribution in [-0.4, -0.2) is 0 Å². The van der Waals surface area contributed by atoms with E-state index in [0.717, 1.165) is 49.0 Å². The molecule has 4 heteroatoms. The first kappa shape index (κ1) is 23.5. The first-order valence-corrected chi connectivity index (χ1v) is 14.8. The van der Waals surface area contributed by atoms with E-state index in [1.54, 1.807) is 0 Å². The zero-order valence-corrected chi connectivity index (χ0v) is 23.7. The Hall–Kier alpha value is -4.38. The van der Waals surface area contributed by atoms with E-state index in [-0.39, 0.29) is 0 Å². The quantitative estimate of drug-likeness (QED) is 0.201. The van der Waals surface area contributed by atoms with E-state index in [2.05, 4.69) is 154 Å². The first-order valence-electron chi connectivity index (χ1n) is 13.2. The van der Waals surface area contributed by atoms with Crippen molar-refractivity contribution in [2.75, 3.05) is 4.90 Å². The molecule has 8 aromatic rings. The van der Waals surface area contributed by atoms with Gasteiger partial charge in [-0.15, -0.1) is 11.3 Å². The molecule has 0 N–H and O–H groups in total. The number of anilines is 3. The third kappa shape index (κ3) is 3.75. The fourth-order valence-electron chi connectivity index (χ4n) is 5.73. The summed E-state index contributed by atoms with van der Waals surface area (Å²) in [5, 5.41) is 4.82. The lowest BCUT2D eigenvalue weighted by Gasteiger charge is -2.26. The van der Waals surface area contributed by atoms with Gasteiger partial charge in [-0.1, -0.05) is 94.8 Å². The maximum atomic E-state index is 6.72. The van der Waals surface area contributed by atoms with E-state index in [1.807, 2.05) is 11.3 Å². The summed E-state index contributed by atoms with van der Waals surface area (Å²) in [6, 6.07) is 47.3. The number of fused-ring (bicyclic) bond motifs is 6. The first-order chi connectivity index (χ1) is 19.7. The van der Waals surface area contributed by atoms with Crippen LogP contribution in [0.5, 0.6) is 0 Å². The van der Waals surface area contributed by atoms with Crippen molar-refractivity contribution in [2.45, 2.75) is 0 Å². The molecule has 2 aromatic heterocycles. The predicted molar refractivity (Wildman–Crippen MR) is 174 cm³/mol. The predicted octanol–water partition coefficient (Wildman–Crippen LogP) is 11.9. The van der Waals surface area contributed by atoms with Gasteiger partial charge in [0.2, 0.25) is 0 Å². The summed E-state index contributed by atoms with van der Waals surface area (Å²) in [6.45, 7) is 0. The summed E-state index contributed by atoms with van der Waals surface area (Å²) in [5.41, 5.74) is 7.25. The van der Waals surface area contributed by atoms with Gasteiger partial charge in [-0.25, -0.2) is 0 Å². The minimum atomic E-state index is 0.863. The monoisotopic (exact) mass is 595 g/mol. The van der Waals surface area contributed by atoms with Crippen LogP contribution in [0.4, 0.5) is 17.1 Å². The third-order valence-corrected chi connectivity index (χ3v) is 9.15. The number of hydrogen-bond donors (Lipinski definition) is 0. The Bertz CT molecular complexity index is 2180. The van der Waals surface area contributed by atoms with Gasteiger partial charge in [0.25, 0.3) is 0 Å². The average Bonchev–Trinajstić information content (AvgIpc) is 3.56. The van der Waals surface area contributed by atoms with Gasteiger partial charge in [0.1, 0.15) is 5.58 Å². The molecule has 0 unspecified atom stereocenters. The summed E-state index contributed by atoms with van der Waals surface area (Å²) in [4.78, 5) is 2.32. The van der Waals surface area contributed by atoms with Crippen LogP contribution in [0.3, 0.4) is 0 Å². The number of rotatable bonds is 4. The number of benzene rings is 6. The summed E-state index contributed by atoms with van der Waals surface area (Å²) in [7, 11) is 0. The molecule has 6 aromatic carbocycles. The largest absolute Gasteiger partial charge is 0.454 e. The van der Waals surface area contributed by atoms with Crippen molar-refractivity contribution in [1.82, 2.24) is 0 Å². The lowest BCUT2D eigenvalue weighted by Crippen LogP contribution is -2.10. The summed E-state index contributed by atoms with van der Waals surface area (Å²) in [6.07, 6.45) is 0. The van der Waals surface area contributed by atoms with Crippen molar-refractivity contribution in [2.24, 2.45) is 0 Å². The van der Waals surface area contributed by atoms with Crippen LogP contribution >= 0.6 is 27.3 Å². The lowest BCUT2D eigenvalue weighted by molar-refractivity contribution is 0.669. The molecule has 0 bridgehead atoms. The minimum Gasteiger partial charge on any atom is -0.454 e. The normalized spacial score (nSPS) is 11.6. The molecule has 0 fully saturated rings. The Kier molecular flexibility index (Phi) is 5.51. The highest BCUT2D eigenvalue weighted by molar-refractivity contribution is 9.10. The van der Waals surface area contributed by atoms with E-state index >= 15 is 0 Å². The molecule has 8 rings (SSSR count).